The van der Waals surface area contributed by atoms with Crippen LogP contribution in [0.15, 0.2) is 34.9 Å². The van der Waals surface area contributed by atoms with Gasteiger partial charge in [-0.25, -0.2) is 9.97 Å². The van der Waals surface area contributed by atoms with Crippen LogP contribution in [0.5, 0.6) is 0 Å². The highest BCUT2D eigenvalue weighted by Gasteiger charge is 2.30. The minimum atomic E-state index is -4.38. The monoisotopic (exact) mass is 336 g/mol. The van der Waals surface area contributed by atoms with Crippen molar-refractivity contribution in [1.29, 1.82) is 0 Å². The Labute approximate surface area is 114 Å². The summed E-state index contributed by atoms with van der Waals surface area (Å²) in [6.07, 6.45) is -4.38. The second kappa shape index (κ2) is 4.85. The summed E-state index contributed by atoms with van der Waals surface area (Å²) < 4.78 is 38.1. The van der Waals surface area contributed by atoms with Gasteiger partial charge in [-0.1, -0.05) is 12.1 Å². The molecule has 94 valence electrons. The molecule has 0 aliphatic rings. The first-order chi connectivity index (χ1) is 8.36. The van der Waals surface area contributed by atoms with Crippen molar-refractivity contribution >= 4 is 27.5 Å². The SMILES string of the molecule is FC(F)(F)c1cccc(-c2cc(Br)nc(Cl)n2)c1. The van der Waals surface area contributed by atoms with Gasteiger partial charge in [0.25, 0.3) is 0 Å². The first-order valence-electron chi connectivity index (χ1n) is 4.74. The van der Waals surface area contributed by atoms with E-state index < -0.39 is 11.7 Å². The molecule has 0 radical (unpaired) electrons. The third-order valence-corrected chi connectivity index (χ3v) is 2.73. The Balaban J connectivity index is 2.51. The molecule has 0 spiro atoms. The molecule has 2 aromatic rings. The fourth-order valence-electron chi connectivity index (χ4n) is 1.39. The molecule has 1 aromatic carbocycles. The van der Waals surface area contributed by atoms with Crippen LogP contribution in [-0.2, 0) is 6.18 Å². The summed E-state index contributed by atoms with van der Waals surface area (Å²) >= 11 is 8.77. The van der Waals surface area contributed by atoms with Gasteiger partial charge in [0, 0.05) is 5.56 Å². The molecule has 0 bridgehead atoms. The van der Waals surface area contributed by atoms with Gasteiger partial charge < -0.3 is 0 Å². The van der Waals surface area contributed by atoms with E-state index in [9.17, 15) is 13.2 Å². The van der Waals surface area contributed by atoms with Crippen molar-refractivity contribution in [3.63, 3.8) is 0 Å². The molecule has 0 saturated carbocycles. The standard InChI is InChI=1S/C11H5BrClF3N2/c12-9-5-8(17-10(13)18-9)6-2-1-3-7(4-6)11(14,15)16/h1-5H. The smallest absolute Gasteiger partial charge is 0.218 e. The summed E-state index contributed by atoms with van der Waals surface area (Å²) in [4.78, 5) is 7.66. The highest BCUT2D eigenvalue weighted by Crippen LogP contribution is 2.32. The van der Waals surface area contributed by atoms with Gasteiger partial charge in [0.05, 0.1) is 11.3 Å². The lowest BCUT2D eigenvalue weighted by Gasteiger charge is -2.08. The summed E-state index contributed by atoms with van der Waals surface area (Å²) in [7, 11) is 0. The second-order valence-electron chi connectivity index (χ2n) is 3.42. The lowest BCUT2D eigenvalue weighted by atomic mass is 10.1. The molecule has 1 heterocycles. The Kier molecular flexibility index (Phi) is 3.59. The van der Waals surface area contributed by atoms with Gasteiger partial charge in [-0.15, -0.1) is 0 Å². The number of rotatable bonds is 1. The van der Waals surface area contributed by atoms with E-state index in [4.69, 9.17) is 11.6 Å². The van der Waals surface area contributed by atoms with Crippen LogP contribution in [0.3, 0.4) is 0 Å². The maximum atomic E-state index is 12.6. The van der Waals surface area contributed by atoms with Crippen LogP contribution in [0.2, 0.25) is 5.28 Å². The molecule has 0 fully saturated rings. The molecule has 18 heavy (non-hydrogen) atoms. The molecule has 0 amide bonds. The van der Waals surface area contributed by atoms with Gasteiger partial charge >= 0.3 is 6.18 Å². The van der Waals surface area contributed by atoms with E-state index in [1.165, 1.54) is 18.2 Å². The van der Waals surface area contributed by atoms with E-state index in [0.717, 1.165) is 12.1 Å². The molecule has 0 aliphatic heterocycles. The first kappa shape index (κ1) is 13.3. The van der Waals surface area contributed by atoms with E-state index in [1.54, 1.807) is 0 Å². The van der Waals surface area contributed by atoms with Gasteiger partial charge in [-0.2, -0.15) is 13.2 Å². The predicted octanol–water partition coefficient (Wildman–Crippen LogP) is 4.58. The molecule has 0 atom stereocenters. The van der Waals surface area contributed by atoms with Crippen LogP contribution in [-0.4, -0.2) is 9.97 Å². The Morgan fingerprint density at radius 3 is 2.44 bits per heavy atom. The summed E-state index contributed by atoms with van der Waals surface area (Å²) in [6, 6.07) is 6.37. The minimum Gasteiger partial charge on any atom is -0.218 e. The topological polar surface area (TPSA) is 25.8 Å². The number of benzene rings is 1. The zero-order valence-electron chi connectivity index (χ0n) is 8.67. The number of hydrogen-bond acceptors (Lipinski definition) is 2. The Morgan fingerprint density at radius 2 is 1.83 bits per heavy atom. The minimum absolute atomic E-state index is 0.0308. The van der Waals surface area contributed by atoms with Crippen LogP contribution in [0, 0.1) is 0 Å². The van der Waals surface area contributed by atoms with Crippen molar-refractivity contribution in [3.05, 3.63) is 45.8 Å². The molecular formula is C11H5BrClF3N2. The fraction of sp³-hybridized carbons (Fsp3) is 0.0909. The van der Waals surface area contributed by atoms with Crippen molar-refractivity contribution in [3.8, 4) is 11.3 Å². The van der Waals surface area contributed by atoms with Crippen molar-refractivity contribution in [1.82, 2.24) is 9.97 Å². The molecule has 0 unspecified atom stereocenters. The third-order valence-electron chi connectivity index (χ3n) is 2.15. The molecule has 7 heteroatoms. The van der Waals surface area contributed by atoms with Crippen molar-refractivity contribution < 1.29 is 13.2 Å². The summed E-state index contributed by atoms with van der Waals surface area (Å²) in [5.74, 6) is 0. The molecule has 0 saturated heterocycles. The van der Waals surface area contributed by atoms with Crippen LogP contribution < -0.4 is 0 Å². The number of aromatic nitrogens is 2. The summed E-state index contributed by atoms with van der Waals surface area (Å²) in [5.41, 5.74) is -0.0753. The number of alkyl halides is 3. The third kappa shape index (κ3) is 3.00. The van der Waals surface area contributed by atoms with E-state index in [1.807, 2.05) is 0 Å². The molecule has 0 N–H and O–H groups in total. The lowest BCUT2D eigenvalue weighted by molar-refractivity contribution is -0.137. The predicted molar refractivity (Wildman–Crippen MR) is 65.2 cm³/mol. The van der Waals surface area contributed by atoms with Gasteiger partial charge in [0.1, 0.15) is 4.60 Å². The van der Waals surface area contributed by atoms with E-state index in [-0.39, 0.29) is 5.28 Å². The maximum Gasteiger partial charge on any atom is 0.416 e. The Hall–Kier alpha value is -1.14. The van der Waals surface area contributed by atoms with Crippen LogP contribution in [0.25, 0.3) is 11.3 Å². The van der Waals surface area contributed by atoms with Crippen molar-refractivity contribution in [2.75, 3.05) is 0 Å². The zero-order valence-corrected chi connectivity index (χ0v) is 11.0. The van der Waals surface area contributed by atoms with E-state index in [2.05, 4.69) is 25.9 Å². The zero-order chi connectivity index (χ0) is 13.3. The Morgan fingerprint density at radius 1 is 1.11 bits per heavy atom. The Bertz CT molecular complexity index is 566. The van der Waals surface area contributed by atoms with Crippen molar-refractivity contribution in [2.45, 2.75) is 6.18 Å². The van der Waals surface area contributed by atoms with E-state index in [0.29, 0.717) is 15.9 Å². The molecule has 2 rings (SSSR count). The first-order valence-corrected chi connectivity index (χ1v) is 5.91. The number of nitrogens with zero attached hydrogens (tertiary/aromatic N) is 2. The second-order valence-corrected chi connectivity index (χ2v) is 4.57. The van der Waals surface area contributed by atoms with Gasteiger partial charge in [0.2, 0.25) is 5.28 Å². The molecular weight excluding hydrogens is 332 g/mol. The quantitative estimate of drug-likeness (QED) is 0.562. The van der Waals surface area contributed by atoms with Gasteiger partial charge in [-0.3, -0.25) is 0 Å². The van der Waals surface area contributed by atoms with Crippen molar-refractivity contribution in [2.24, 2.45) is 0 Å². The van der Waals surface area contributed by atoms with Crippen LogP contribution in [0.1, 0.15) is 5.56 Å². The highest BCUT2D eigenvalue weighted by atomic mass is 79.9. The van der Waals surface area contributed by atoms with Gasteiger partial charge in [-0.05, 0) is 45.7 Å². The maximum absolute atomic E-state index is 12.6. The molecule has 1 aromatic heterocycles. The normalized spacial score (nSPS) is 11.6. The number of halogens is 5. The van der Waals surface area contributed by atoms with Gasteiger partial charge in [0.15, 0.2) is 0 Å². The summed E-state index contributed by atoms with van der Waals surface area (Å²) in [6.45, 7) is 0. The lowest BCUT2D eigenvalue weighted by Crippen LogP contribution is -2.04. The highest BCUT2D eigenvalue weighted by molar-refractivity contribution is 9.10. The van der Waals surface area contributed by atoms with Crippen LogP contribution >= 0.6 is 27.5 Å². The fourth-order valence-corrected chi connectivity index (χ4v) is 2.06. The summed E-state index contributed by atoms with van der Waals surface area (Å²) in [5, 5.41) is -0.0308. The largest absolute Gasteiger partial charge is 0.416 e. The average Bonchev–Trinajstić information content (AvgIpc) is 2.27. The van der Waals surface area contributed by atoms with E-state index >= 15 is 0 Å². The number of hydrogen-bond donors (Lipinski definition) is 0. The molecule has 2 nitrogen and oxygen atoms in total. The van der Waals surface area contributed by atoms with Crippen LogP contribution in [0.4, 0.5) is 13.2 Å². The molecule has 0 aliphatic carbocycles. The average molecular weight is 338 g/mol.